The molecular weight excluding hydrogens is 320 g/mol. The van der Waals surface area contributed by atoms with Crippen molar-refractivity contribution in [3.63, 3.8) is 0 Å². The molecule has 1 atom stereocenters. The third kappa shape index (κ3) is 4.08. The van der Waals surface area contributed by atoms with Gasteiger partial charge < -0.3 is 14.5 Å². The Morgan fingerprint density at radius 1 is 1.24 bits per heavy atom. The van der Waals surface area contributed by atoms with E-state index < -0.39 is 0 Å². The number of amides is 2. The lowest BCUT2D eigenvalue weighted by atomic mass is 9.95. The summed E-state index contributed by atoms with van der Waals surface area (Å²) in [7, 11) is 0. The van der Waals surface area contributed by atoms with Crippen LogP contribution in [0.1, 0.15) is 31.7 Å². The number of hydrogen-bond acceptors (Lipinski definition) is 5. The molecule has 2 aliphatic heterocycles. The van der Waals surface area contributed by atoms with Crippen LogP contribution in [0.4, 0.5) is 0 Å². The minimum Gasteiger partial charge on any atom is -0.472 e. The molecule has 0 saturated carbocycles. The van der Waals surface area contributed by atoms with Gasteiger partial charge in [-0.15, -0.1) is 0 Å². The van der Waals surface area contributed by atoms with Gasteiger partial charge in [-0.25, -0.2) is 4.98 Å². The predicted octanol–water partition coefficient (Wildman–Crippen LogP) is 1.19. The quantitative estimate of drug-likeness (QED) is 0.823. The second-order valence-electron chi connectivity index (χ2n) is 6.59. The Labute approximate surface area is 147 Å². The van der Waals surface area contributed by atoms with Crippen LogP contribution in [0.15, 0.2) is 18.3 Å². The van der Waals surface area contributed by atoms with Crippen molar-refractivity contribution in [3.05, 3.63) is 23.9 Å². The van der Waals surface area contributed by atoms with Crippen LogP contribution in [0.2, 0.25) is 0 Å². The number of likely N-dealkylation sites (tertiary alicyclic amines) is 2. The molecule has 7 heteroatoms. The third-order valence-corrected chi connectivity index (χ3v) is 4.90. The zero-order chi connectivity index (χ0) is 17.8. The maximum Gasteiger partial charge on any atom is 0.225 e. The van der Waals surface area contributed by atoms with Crippen LogP contribution in [0.3, 0.4) is 0 Å². The molecule has 132 valence electrons. The van der Waals surface area contributed by atoms with Crippen LogP contribution in [-0.2, 0) is 9.59 Å². The third-order valence-electron chi connectivity index (χ3n) is 4.90. The van der Waals surface area contributed by atoms with E-state index in [9.17, 15) is 9.59 Å². The van der Waals surface area contributed by atoms with E-state index in [1.807, 2.05) is 4.90 Å². The maximum atomic E-state index is 12.7. The lowest BCUT2D eigenvalue weighted by molar-refractivity contribution is -0.139. The van der Waals surface area contributed by atoms with Crippen molar-refractivity contribution in [1.82, 2.24) is 14.8 Å². The molecule has 0 spiro atoms. The average Bonchev–Trinajstić information content (AvgIpc) is 3.09. The summed E-state index contributed by atoms with van der Waals surface area (Å²) in [6, 6.07) is 5.30. The smallest absolute Gasteiger partial charge is 0.225 e. The van der Waals surface area contributed by atoms with Gasteiger partial charge in [0.05, 0.1) is 18.2 Å². The van der Waals surface area contributed by atoms with Crippen LogP contribution in [0.25, 0.3) is 0 Å². The number of carbonyl (C=O) groups excluding carboxylic acids is 2. The van der Waals surface area contributed by atoms with Gasteiger partial charge in [0.1, 0.15) is 6.10 Å². The first-order chi connectivity index (χ1) is 12.1. The van der Waals surface area contributed by atoms with Crippen LogP contribution in [0.5, 0.6) is 5.88 Å². The molecule has 0 radical (unpaired) electrons. The van der Waals surface area contributed by atoms with Gasteiger partial charge in [-0.2, -0.15) is 5.26 Å². The van der Waals surface area contributed by atoms with E-state index in [-0.39, 0.29) is 23.8 Å². The highest BCUT2D eigenvalue weighted by Gasteiger charge is 2.34. The molecule has 1 aromatic heterocycles. The second-order valence-corrected chi connectivity index (χ2v) is 6.59. The fourth-order valence-electron chi connectivity index (χ4n) is 3.44. The van der Waals surface area contributed by atoms with Crippen molar-refractivity contribution >= 4 is 11.8 Å². The van der Waals surface area contributed by atoms with Gasteiger partial charge in [0.25, 0.3) is 0 Å². The minimum atomic E-state index is -0.0947. The first-order valence-electron chi connectivity index (χ1n) is 8.64. The second kappa shape index (κ2) is 7.51. The van der Waals surface area contributed by atoms with Gasteiger partial charge in [-0.1, -0.05) is 0 Å². The Morgan fingerprint density at radius 3 is 2.64 bits per heavy atom. The first kappa shape index (κ1) is 17.2. The lowest BCUT2D eigenvalue weighted by Crippen LogP contribution is -2.43. The van der Waals surface area contributed by atoms with Crippen LogP contribution < -0.4 is 4.74 Å². The predicted molar refractivity (Wildman–Crippen MR) is 89.5 cm³/mol. The molecule has 25 heavy (non-hydrogen) atoms. The Bertz CT molecular complexity index is 692. The van der Waals surface area contributed by atoms with Gasteiger partial charge in [-0.05, 0) is 18.9 Å². The first-order valence-corrected chi connectivity index (χ1v) is 8.64. The van der Waals surface area contributed by atoms with Crippen molar-refractivity contribution in [2.75, 3.05) is 26.2 Å². The zero-order valence-electron chi connectivity index (χ0n) is 14.4. The van der Waals surface area contributed by atoms with E-state index in [0.29, 0.717) is 37.6 Å². The zero-order valence-corrected chi connectivity index (χ0v) is 14.4. The lowest BCUT2D eigenvalue weighted by Gasteiger charge is -2.32. The van der Waals surface area contributed by atoms with Gasteiger partial charge >= 0.3 is 0 Å². The SMILES string of the molecule is CC(=O)N1CCC(C(=O)N2CCC(Oc3cc(C#N)ccn3)C2)CC1. The van der Waals surface area contributed by atoms with E-state index >= 15 is 0 Å². The summed E-state index contributed by atoms with van der Waals surface area (Å²) in [6.07, 6.45) is 3.67. The summed E-state index contributed by atoms with van der Waals surface area (Å²) in [5, 5.41) is 8.92. The van der Waals surface area contributed by atoms with Gasteiger partial charge in [0, 0.05) is 51.2 Å². The van der Waals surface area contributed by atoms with E-state index in [1.54, 1.807) is 30.2 Å². The van der Waals surface area contributed by atoms with Crippen LogP contribution in [-0.4, -0.2) is 58.9 Å². The molecule has 1 aromatic rings. The monoisotopic (exact) mass is 342 g/mol. The highest BCUT2D eigenvalue weighted by atomic mass is 16.5. The molecule has 2 fully saturated rings. The molecule has 0 bridgehead atoms. The van der Waals surface area contributed by atoms with Crippen molar-refractivity contribution < 1.29 is 14.3 Å². The number of aromatic nitrogens is 1. The summed E-state index contributed by atoms with van der Waals surface area (Å²) in [4.78, 5) is 31.8. The Hall–Kier alpha value is -2.62. The summed E-state index contributed by atoms with van der Waals surface area (Å²) >= 11 is 0. The van der Waals surface area contributed by atoms with Gasteiger partial charge in [0.2, 0.25) is 17.7 Å². The topological polar surface area (TPSA) is 86.5 Å². The van der Waals surface area contributed by atoms with Crippen molar-refractivity contribution in [2.45, 2.75) is 32.3 Å². The molecule has 2 saturated heterocycles. The van der Waals surface area contributed by atoms with Gasteiger partial charge in [-0.3, -0.25) is 9.59 Å². The van der Waals surface area contributed by atoms with Gasteiger partial charge in [0.15, 0.2) is 0 Å². The summed E-state index contributed by atoms with van der Waals surface area (Å²) in [5.41, 5.74) is 0.508. The minimum absolute atomic E-state index is 0.00519. The molecule has 0 aromatic carbocycles. The molecule has 0 aliphatic carbocycles. The summed E-state index contributed by atoms with van der Waals surface area (Å²) in [5.74, 6) is 0.656. The molecule has 1 unspecified atom stereocenters. The van der Waals surface area contributed by atoms with Crippen molar-refractivity contribution in [1.29, 1.82) is 5.26 Å². The Morgan fingerprint density at radius 2 is 1.96 bits per heavy atom. The number of nitriles is 1. The molecule has 0 N–H and O–H groups in total. The number of carbonyl (C=O) groups is 2. The molecule has 3 heterocycles. The normalized spacial score (nSPS) is 21.0. The van der Waals surface area contributed by atoms with Crippen LogP contribution >= 0.6 is 0 Å². The number of hydrogen-bond donors (Lipinski definition) is 0. The number of nitrogens with zero attached hydrogens (tertiary/aromatic N) is 4. The number of ether oxygens (including phenoxy) is 1. The van der Waals surface area contributed by atoms with E-state index in [2.05, 4.69) is 11.1 Å². The molecule has 2 amide bonds. The largest absolute Gasteiger partial charge is 0.472 e. The summed E-state index contributed by atoms with van der Waals surface area (Å²) in [6.45, 7) is 4.10. The average molecular weight is 342 g/mol. The highest BCUT2D eigenvalue weighted by Crippen LogP contribution is 2.24. The fraction of sp³-hybridized carbons (Fsp3) is 0.556. The number of pyridine rings is 1. The standard InChI is InChI=1S/C18H22N4O3/c1-13(23)21-7-3-15(4-8-21)18(24)22-9-5-16(12-22)25-17-10-14(11-19)2-6-20-17/h2,6,10,15-16H,3-5,7-9,12H2,1H3. The van der Waals surface area contributed by atoms with Crippen LogP contribution in [0, 0.1) is 17.2 Å². The summed E-state index contributed by atoms with van der Waals surface area (Å²) < 4.78 is 5.83. The van der Waals surface area contributed by atoms with E-state index in [4.69, 9.17) is 10.00 Å². The fourth-order valence-corrected chi connectivity index (χ4v) is 3.44. The molecule has 3 rings (SSSR count). The van der Waals surface area contributed by atoms with Crippen molar-refractivity contribution in [2.24, 2.45) is 5.92 Å². The highest BCUT2D eigenvalue weighted by molar-refractivity contribution is 5.80. The molecule has 2 aliphatic rings. The Balaban J connectivity index is 1.51. The van der Waals surface area contributed by atoms with Crippen molar-refractivity contribution in [3.8, 4) is 11.9 Å². The maximum absolute atomic E-state index is 12.7. The number of rotatable bonds is 3. The van der Waals surface area contributed by atoms with E-state index in [1.165, 1.54) is 0 Å². The Kier molecular flexibility index (Phi) is 5.17. The number of piperidine rings is 1. The molecule has 7 nitrogen and oxygen atoms in total. The van der Waals surface area contributed by atoms with E-state index in [0.717, 1.165) is 19.3 Å². The molecular formula is C18H22N4O3.